The SMILES string of the molecule is COC(=O)N1c2ccc3c(nc(Cc4ccc(Cl)cc4)n3C3CCCCC3)c2CC[C@@H]1C. The molecule has 1 amide bonds. The van der Waals surface area contributed by atoms with Gasteiger partial charge in [0.1, 0.15) is 5.82 Å². The van der Waals surface area contributed by atoms with Crippen LogP contribution in [0.1, 0.15) is 68.4 Å². The van der Waals surface area contributed by atoms with E-state index >= 15 is 0 Å². The lowest BCUT2D eigenvalue weighted by molar-refractivity contribution is 0.175. The van der Waals surface area contributed by atoms with Crippen molar-refractivity contribution in [3.8, 4) is 0 Å². The normalized spacial score (nSPS) is 19.2. The fourth-order valence-corrected chi connectivity index (χ4v) is 5.61. The zero-order valence-corrected chi connectivity index (χ0v) is 19.6. The van der Waals surface area contributed by atoms with Gasteiger partial charge in [-0.2, -0.15) is 0 Å². The molecular formula is C26H30ClN3O2. The van der Waals surface area contributed by atoms with Gasteiger partial charge in [-0.25, -0.2) is 9.78 Å². The van der Waals surface area contributed by atoms with Crippen molar-refractivity contribution >= 4 is 34.4 Å². The van der Waals surface area contributed by atoms with Gasteiger partial charge in [0.25, 0.3) is 0 Å². The van der Waals surface area contributed by atoms with E-state index in [2.05, 4.69) is 35.8 Å². The second-order valence-corrected chi connectivity index (χ2v) is 9.59. The number of nitrogens with zero attached hydrogens (tertiary/aromatic N) is 3. The summed E-state index contributed by atoms with van der Waals surface area (Å²) in [6, 6.07) is 12.9. The maximum absolute atomic E-state index is 12.5. The second-order valence-electron chi connectivity index (χ2n) is 9.15. The second kappa shape index (κ2) is 8.78. The number of ether oxygens (including phenoxy) is 1. The van der Waals surface area contributed by atoms with Crippen LogP contribution >= 0.6 is 11.6 Å². The van der Waals surface area contributed by atoms with Crippen molar-refractivity contribution in [3.63, 3.8) is 0 Å². The number of fused-ring (bicyclic) bond motifs is 3. The molecular weight excluding hydrogens is 422 g/mol. The Morgan fingerprint density at radius 2 is 1.84 bits per heavy atom. The summed E-state index contributed by atoms with van der Waals surface area (Å²) in [5, 5.41) is 0.751. The number of amides is 1. The Hall–Kier alpha value is -2.53. The van der Waals surface area contributed by atoms with Crippen LogP contribution in [0.4, 0.5) is 10.5 Å². The van der Waals surface area contributed by atoms with Crippen LogP contribution in [-0.4, -0.2) is 28.8 Å². The Kier molecular flexibility index (Phi) is 5.85. The van der Waals surface area contributed by atoms with Gasteiger partial charge in [-0.1, -0.05) is 43.0 Å². The summed E-state index contributed by atoms with van der Waals surface area (Å²) in [4.78, 5) is 19.5. The van der Waals surface area contributed by atoms with E-state index in [1.165, 1.54) is 50.3 Å². The van der Waals surface area contributed by atoms with Crippen molar-refractivity contribution in [2.45, 2.75) is 70.4 Å². The number of hydrogen-bond donors (Lipinski definition) is 0. The van der Waals surface area contributed by atoms with Crippen LogP contribution in [0.5, 0.6) is 0 Å². The number of halogens is 1. The first-order valence-corrected chi connectivity index (χ1v) is 12.1. The van der Waals surface area contributed by atoms with E-state index in [9.17, 15) is 4.79 Å². The van der Waals surface area contributed by atoms with E-state index in [1.54, 1.807) is 4.90 Å². The summed E-state index contributed by atoms with van der Waals surface area (Å²) in [5.41, 5.74) is 5.55. The van der Waals surface area contributed by atoms with Crippen molar-refractivity contribution in [2.24, 2.45) is 0 Å². The largest absolute Gasteiger partial charge is 0.452 e. The number of anilines is 1. The maximum Gasteiger partial charge on any atom is 0.414 e. The van der Waals surface area contributed by atoms with Crippen LogP contribution in [0, 0.1) is 0 Å². The zero-order valence-electron chi connectivity index (χ0n) is 18.8. The Bertz CT molecular complexity index is 1130. The number of rotatable bonds is 3. The van der Waals surface area contributed by atoms with Gasteiger partial charge >= 0.3 is 6.09 Å². The summed E-state index contributed by atoms with van der Waals surface area (Å²) < 4.78 is 7.58. The molecule has 2 heterocycles. The number of methoxy groups -OCH3 is 1. The number of hydrogen-bond acceptors (Lipinski definition) is 3. The Morgan fingerprint density at radius 1 is 1.09 bits per heavy atom. The summed E-state index contributed by atoms with van der Waals surface area (Å²) in [6.07, 6.45) is 8.54. The smallest absolute Gasteiger partial charge is 0.414 e. The van der Waals surface area contributed by atoms with Gasteiger partial charge in [0, 0.05) is 29.1 Å². The predicted molar refractivity (Wildman–Crippen MR) is 129 cm³/mol. The fraction of sp³-hybridized carbons (Fsp3) is 0.462. The van der Waals surface area contributed by atoms with Crippen LogP contribution in [0.25, 0.3) is 11.0 Å². The monoisotopic (exact) mass is 451 g/mol. The first-order valence-electron chi connectivity index (χ1n) is 11.7. The predicted octanol–water partition coefficient (Wildman–Crippen LogP) is 6.69. The molecule has 0 spiro atoms. The molecule has 1 saturated carbocycles. The average molecular weight is 452 g/mol. The van der Waals surface area contributed by atoms with Crippen molar-refractivity contribution in [1.82, 2.24) is 9.55 Å². The third-order valence-corrected chi connectivity index (χ3v) is 7.37. The average Bonchev–Trinajstić information content (AvgIpc) is 3.18. The van der Waals surface area contributed by atoms with E-state index in [0.29, 0.717) is 6.04 Å². The molecule has 2 aliphatic rings. The van der Waals surface area contributed by atoms with Gasteiger partial charge in [0.2, 0.25) is 0 Å². The van der Waals surface area contributed by atoms with Crippen LogP contribution in [0.2, 0.25) is 5.02 Å². The molecule has 5 nitrogen and oxygen atoms in total. The van der Waals surface area contributed by atoms with E-state index in [1.807, 2.05) is 12.1 Å². The van der Waals surface area contributed by atoms with Crippen molar-refractivity contribution in [2.75, 3.05) is 12.0 Å². The molecule has 32 heavy (non-hydrogen) atoms. The number of carbonyl (C=O) groups is 1. The fourth-order valence-electron chi connectivity index (χ4n) is 5.48. The van der Waals surface area contributed by atoms with Crippen molar-refractivity contribution in [1.29, 1.82) is 0 Å². The minimum Gasteiger partial charge on any atom is -0.452 e. The maximum atomic E-state index is 12.5. The molecule has 1 aliphatic heterocycles. The highest BCUT2D eigenvalue weighted by Crippen LogP contribution is 2.39. The van der Waals surface area contributed by atoms with Crippen LogP contribution in [0.15, 0.2) is 36.4 Å². The van der Waals surface area contributed by atoms with Gasteiger partial charge in [0.15, 0.2) is 0 Å². The van der Waals surface area contributed by atoms with Crippen LogP contribution in [-0.2, 0) is 17.6 Å². The standard InChI is InChI=1S/C26H30ClN3O2/c1-17-8-13-21-22(29(17)26(31)32-2)14-15-23-25(21)28-24(16-18-9-11-19(27)12-10-18)30(23)20-6-4-3-5-7-20/h9-12,14-15,17,20H,3-8,13,16H2,1-2H3/t17-/m0/s1. The Balaban J connectivity index is 1.65. The zero-order chi connectivity index (χ0) is 22.2. The number of aromatic nitrogens is 2. The number of aryl methyl sites for hydroxylation is 1. The quantitative estimate of drug-likeness (QED) is 0.445. The summed E-state index contributed by atoms with van der Waals surface area (Å²) in [7, 11) is 1.45. The molecule has 1 aliphatic carbocycles. The van der Waals surface area contributed by atoms with Gasteiger partial charge in [-0.3, -0.25) is 4.90 Å². The number of benzene rings is 2. The van der Waals surface area contributed by atoms with Gasteiger partial charge in [0.05, 0.1) is 23.8 Å². The highest BCUT2D eigenvalue weighted by Gasteiger charge is 2.32. The molecule has 1 atom stereocenters. The Morgan fingerprint density at radius 3 is 2.56 bits per heavy atom. The molecule has 5 rings (SSSR count). The van der Waals surface area contributed by atoms with Crippen LogP contribution in [0.3, 0.4) is 0 Å². The minimum absolute atomic E-state index is 0.112. The lowest BCUT2D eigenvalue weighted by atomic mass is 9.94. The molecule has 0 saturated heterocycles. The molecule has 3 aromatic rings. The lowest BCUT2D eigenvalue weighted by Gasteiger charge is -2.34. The van der Waals surface area contributed by atoms with Gasteiger partial charge < -0.3 is 9.30 Å². The van der Waals surface area contributed by atoms with E-state index in [0.717, 1.165) is 46.9 Å². The van der Waals surface area contributed by atoms with E-state index in [4.69, 9.17) is 21.3 Å². The van der Waals surface area contributed by atoms with Crippen molar-refractivity contribution < 1.29 is 9.53 Å². The number of imidazole rings is 1. The molecule has 0 bridgehead atoms. The first kappa shape index (κ1) is 21.3. The molecule has 0 N–H and O–H groups in total. The molecule has 168 valence electrons. The topological polar surface area (TPSA) is 47.4 Å². The highest BCUT2D eigenvalue weighted by molar-refractivity contribution is 6.30. The molecule has 0 radical (unpaired) electrons. The summed E-state index contributed by atoms with van der Waals surface area (Å²) in [5.74, 6) is 1.10. The highest BCUT2D eigenvalue weighted by atomic mass is 35.5. The molecule has 1 aromatic heterocycles. The van der Waals surface area contributed by atoms with Crippen LogP contribution < -0.4 is 4.90 Å². The minimum atomic E-state index is -0.300. The summed E-state index contributed by atoms with van der Waals surface area (Å²) in [6.45, 7) is 2.08. The third kappa shape index (κ3) is 3.77. The molecule has 1 fully saturated rings. The lowest BCUT2D eigenvalue weighted by Crippen LogP contribution is -2.42. The Labute approximate surface area is 194 Å². The summed E-state index contributed by atoms with van der Waals surface area (Å²) >= 11 is 6.11. The first-order chi connectivity index (χ1) is 15.6. The van der Waals surface area contributed by atoms with Gasteiger partial charge in [-0.05, 0) is 62.4 Å². The number of carbonyl (C=O) groups excluding carboxylic acids is 1. The molecule has 6 heteroatoms. The van der Waals surface area contributed by atoms with Gasteiger partial charge in [-0.15, -0.1) is 0 Å². The molecule has 0 unspecified atom stereocenters. The van der Waals surface area contributed by atoms with Crippen molar-refractivity contribution in [3.05, 3.63) is 58.4 Å². The van der Waals surface area contributed by atoms with E-state index < -0.39 is 0 Å². The third-order valence-electron chi connectivity index (χ3n) is 7.11. The molecule has 2 aromatic carbocycles. The van der Waals surface area contributed by atoms with E-state index in [-0.39, 0.29) is 12.1 Å².